The number of halogens is 1. The van der Waals surface area contributed by atoms with E-state index in [0.717, 1.165) is 10.6 Å². The van der Waals surface area contributed by atoms with Gasteiger partial charge in [0.05, 0.1) is 49.5 Å². The molecule has 17 nitrogen and oxygen atoms in total. The van der Waals surface area contributed by atoms with Crippen molar-refractivity contribution in [1.29, 1.82) is 0 Å². The number of aliphatic hydroxyl groups is 2. The number of carbonyl (C=O) groups excluding carboxylic acids is 1. The van der Waals surface area contributed by atoms with Crippen LogP contribution in [0, 0.1) is 20.8 Å². The largest absolute Gasteiger partial charge is 0.463 e. The summed E-state index contributed by atoms with van der Waals surface area (Å²) in [5.41, 5.74) is 1.55. The van der Waals surface area contributed by atoms with E-state index in [-0.39, 0.29) is 43.8 Å². The molecule has 2 unspecified atom stereocenters. The minimum atomic E-state index is -3.72. The number of anilines is 1. The third-order valence-corrected chi connectivity index (χ3v) is 7.31. The predicted molar refractivity (Wildman–Crippen MR) is 160 cm³/mol. The molecule has 46 heavy (non-hydrogen) atoms. The van der Waals surface area contributed by atoms with Crippen molar-refractivity contribution in [1.82, 2.24) is 9.97 Å². The summed E-state index contributed by atoms with van der Waals surface area (Å²) in [5.74, 6) is -1.79. The van der Waals surface area contributed by atoms with Gasteiger partial charge in [-0.25, -0.2) is 27.1 Å². The number of sulfonamides is 1. The summed E-state index contributed by atoms with van der Waals surface area (Å²) in [6.07, 6.45) is -1.03. The fourth-order valence-corrected chi connectivity index (χ4v) is 4.24. The van der Waals surface area contributed by atoms with Crippen molar-refractivity contribution in [2.24, 2.45) is 5.34 Å². The molecule has 0 fully saturated rings. The maximum absolute atomic E-state index is 13.7. The third-order valence-electron chi connectivity index (χ3n) is 6.15. The number of aromatic nitrogens is 2. The Balaban J connectivity index is 2.17. The van der Waals surface area contributed by atoms with Crippen molar-refractivity contribution in [3.05, 3.63) is 62.4 Å². The quantitative estimate of drug-likeness (QED) is 0.0675. The molecule has 0 spiro atoms. The van der Waals surface area contributed by atoms with Crippen LogP contribution < -0.4 is 4.31 Å². The maximum atomic E-state index is 13.7. The monoisotopic (exact) mass is 673 g/mol. The van der Waals surface area contributed by atoms with Crippen LogP contribution >= 0.6 is 0 Å². The summed E-state index contributed by atoms with van der Waals surface area (Å²) < 4.78 is 49.0. The smallest absolute Gasteiger partial charge is 0.308 e. The first-order valence-electron chi connectivity index (χ1n) is 13.8. The Morgan fingerprint density at radius 1 is 1.17 bits per heavy atom. The van der Waals surface area contributed by atoms with Crippen LogP contribution in [0.25, 0.3) is 17.3 Å². The van der Waals surface area contributed by atoms with Gasteiger partial charge in [-0.05, 0) is 30.2 Å². The van der Waals surface area contributed by atoms with Gasteiger partial charge in [0.15, 0.2) is 11.4 Å². The Labute approximate surface area is 264 Å². The average Bonchev–Trinajstić information content (AvgIpc) is 2.97. The Morgan fingerprint density at radius 3 is 2.43 bits per heavy atom. The molecule has 0 amide bonds. The van der Waals surface area contributed by atoms with Crippen molar-refractivity contribution in [3.63, 3.8) is 0 Å². The highest BCUT2D eigenvalue weighted by Gasteiger charge is 2.23. The second kappa shape index (κ2) is 18.0. The fraction of sp³-hybridized carbons (Fsp3) is 0.519. The average molecular weight is 674 g/mol. The highest BCUT2D eigenvalue weighted by Crippen LogP contribution is 2.31. The number of ether oxygens (including phenoxy) is 2. The minimum Gasteiger partial charge on any atom is -0.463 e. The number of hydrogen-bond donors (Lipinski definition) is 2. The summed E-state index contributed by atoms with van der Waals surface area (Å²) in [7, 11) is -2.43. The van der Waals surface area contributed by atoms with Crippen molar-refractivity contribution in [3.8, 4) is 11.3 Å². The molecule has 1 aromatic heterocycles. The van der Waals surface area contributed by atoms with E-state index in [1.807, 2.05) is 13.8 Å². The number of hydrogen-bond acceptors (Lipinski definition) is 15. The second-order valence-corrected chi connectivity index (χ2v) is 12.2. The van der Waals surface area contributed by atoms with Gasteiger partial charge in [0.1, 0.15) is 19.0 Å². The van der Waals surface area contributed by atoms with E-state index >= 15 is 0 Å². The first-order valence-corrected chi connectivity index (χ1v) is 15.6. The van der Waals surface area contributed by atoms with Gasteiger partial charge in [-0.3, -0.25) is 4.79 Å². The molecule has 2 rings (SSSR count). The van der Waals surface area contributed by atoms with Gasteiger partial charge in [-0.2, -0.15) is 0 Å². The highest BCUT2D eigenvalue weighted by atomic mass is 32.2. The number of rotatable bonds is 20. The van der Waals surface area contributed by atoms with Crippen molar-refractivity contribution >= 4 is 28.0 Å². The lowest BCUT2D eigenvalue weighted by Gasteiger charge is -2.20. The van der Waals surface area contributed by atoms with Crippen LogP contribution in [0.15, 0.2) is 35.7 Å². The van der Waals surface area contributed by atoms with E-state index in [4.69, 9.17) is 9.47 Å². The van der Waals surface area contributed by atoms with Gasteiger partial charge in [-0.15, -0.1) is 15.0 Å². The van der Waals surface area contributed by atoms with Gasteiger partial charge in [0.25, 0.3) is 5.09 Å². The van der Waals surface area contributed by atoms with Crippen LogP contribution in [0.5, 0.6) is 0 Å². The number of benzene rings is 1. The molecule has 2 N–H and O–H groups in total. The first-order chi connectivity index (χ1) is 21.6. The first kappa shape index (κ1) is 37.9. The molecular weight excluding hydrogens is 637 g/mol. The summed E-state index contributed by atoms with van der Waals surface area (Å²) in [6.45, 7) is 2.32. The molecule has 0 aliphatic heterocycles. The lowest BCUT2D eigenvalue weighted by Crippen LogP contribution is -2.31. The van der Waals surface area contributed by atoms with Crippen LogP contribution in [0.1, 0.15) is 43.9 Å². The molecular formula is C27H36FN5O12S. The minimum absolute atomic E-state index is 0.112. The Bertz CT molecular complexity index is 1460. The van der Waals surface area contributed by atoms with E-state index < -0.39 is 58.2 Å². The summed E-state index contributed by atoms with van der Waals surface area (Å²) in [6, 6.07) is 5.35. The number of aliphatic hydroxyl groups excluding tert-OH is 2. The number of esters is 1. The van der Waals surface area contributed by atoms with Crippen molar-refractivity contribution in [2.75, 3.05) is 44.0 Å². The molecule has 19 heteroatoms. The molecule has 0 aliphatic carbocycles. The Kier molecular flexibility index (Phi) is 14.8. The molecule has 0 saturated carbocycles. The van der Waals surface area contributed by atoms with Gasteiger partial charge in [0, 0.05) is 24.6 Å². The zero-order chi connectivity index (χ0) is 34.4. The van der Waals surface area contributed by atoms with Gasteiger partial charge >= 0.3 is 5.97 Å². The molecule has 0 aliphatic rings. The SMILES string of the molecule is CC(C)c1nc(N(C)S(C)(=O)=O)nc(-c2ccc(F)cc2)c1/C=C/C(O)C[C@@H](O)CC(=O)OCC(COCCON=O)O[N+](=O)[O-]. The zero-order valence-electron chi connectivity index (χ0n) is 25.5. The highest BCUT2D eigenvalue weighted by molar-refractivity contribution is 7.92. The van der Waals surface area contributed by atoms with Crippen LogP contribution in [-0.2, 0) is 34.0 Å². The molecule has 3 atom stereocenters. The topological polar surface area (TPSA) is 230 Å². The van der Waals surface area contributed by atoms with Crippen LogP contribution in [0.4, 0.5) is 10.3 Å². The number of carbonyl (C=O) groups is 1. The van der Waals surface area contributed by atoms with E-state index in [1.165, 1.54) is 43.5 Å². The van der Waals surface area contributed by atoms with Crippen molar-refractivity contribution in [2.45, 2.75) is 50.9 Å². The zero-order valence-corrected chi connectivity index (χ0v) is 26.3. The molecule has 0 bridgehead atoms. The lowest BCUT2D eigenvalue weighted by atomic mass is 9.97. The van der Waals surface area contributed by atoms with Gasteiger partial charge in [-0.1, -0.05) is 26.0 Å². The van der Waals surface area contributed by atoms with E-state index in [1.54, 1.807) is 0 Å². The standard InChI is InChI=1S/C27H36FN5O12S/c1-17(2)25-23(26(18-5-7-19(28)8-6-18)30-27(29-25)32(3)46(4,40)41)10-9-20(34)13-21(35)14-24(36)43-16-22(45-33(38)39)15-42-11-12-44-31-37/h5-10,17,20-22,34-35H,11-16H2,1-4H3/b10-9+/t20?,21-,22?/m1/s1. The summed E-state index contributed by atoms with van der Waals surface area (Å²) in [5, 5.41) is 32.7. The normalized spacial score (nSPS) is 13.7. The molecule has 0 saturated heterocycles. The van der Waals surface area contributed by atoms with Crippen LogP contribution in [0.3, 0.4) is 0 Å². The number of nitrogens with zero attached hydrogens (tertiary/aromatic N) is 5. The Morgan fingerprint density at radius 2 is 1.85 bits per heavy atom. The predicted octanol–water partition coefficient (Wildman–Crippen LogP) is 2.15. The fourth-order valence-electron chi connectivity index (χ4n) is 3.86. The van der Waals surface area contributed by atoms with Crippen LogP contribution in [-0.4, -0.2) is 97.7 Å². The molecule has 0 radical (unpaired) electrons. The van der Waals surface area contributed by atoms with Gasteiger partial charge in [0.2, 0.25) is 16.0 Å². The second-order valence-electron chi connectivity index (χ2n) is 10.2. The molecule has 1 heterocycles. The molecule has 254 valence electrons. The van der Waals surface area contributed by atoms with Crippen molar-refractivity contribution < 1.29 is 52.1 Å². The maximum Gasteiger partial charge on any atom is 0.308 e. The van der Waals surface area contributed by atoms with Crippen LogP contribution in [0.2, 0.25) is 0 Å². The van der Waals surface area contributed by atoms with E-state index in [2.05, 4.69) is 25.0 Å². The van der Waals surface area contributed by atoms with E-state index in [0.29, 0.717) is 16.8 Å². The molecule has 2 aromatic rings. The summed E-state index contributed by atoms with van der Waals surface area (Å²) in [4.78, 5) is 50.2. The summed E-state index contributed by atoms with van der Waals surface area (Å²) >= 11 is 0. The molecule has 1 aromatic carbocycles. The van der Waals surface area contributed by atoms with Gasteiger partial charge < -0.3 is 29.4 Å². The third kappa shape index (κ3) is 12.6. The lowest BCUT2D eigenvalue weighted by molar-refractivity contribution is -0.769. The van der Waals surface area contributed by atoms with E-state index in [9.17, 15) is 42.8 Å². The Hall–Kier alpha value is -4.33.